The third kappa shape index (κ3) is 2.28. The summed E-state index contributed by atoms with van der Waals surface area (Å²) in [6, 6.07) is 8.76. The van der Waals surface area contributed by atoms with Gasteiger partial charge in [-0.1, -0.05) is 25.5 Å². The summed E-state index contributed by atoms with van der Waals surface area (Å²) in [5.41, 5.74) is 2.71. The molecular formula is C13H19N. The molecule has 0 atom stereocenters. The third-order valence-electron chi connectivity index (χ3n) is 3.15. The Morgan fingerprint density at radius 2 is 2.21 bits per heavy atom. The molecule has 0 heterocycles. The van der Waals surface area contributed by atoms with Crippen molar-refractivity contribution in [1.29, 1.82) is 0 Å². The van der Waals surface area contributed by atoms with Gasteiger partial charge >= 0.3 is 0 Å². The van der Waals surface area contributed by atoms with Gasteiger partial charge in [-0.2, -0.15) is 0 Å². The summed E-state index contributed by atoms with van der Waals surface area (Å²) in [7, 11) is 0. The zero-order valence-electron chi connectivity index (χ0n) is 8.92. The Labute approximate surface area is 86.5 Å². The molecule has 1 aliphatic carbocycles. The predicted octanol–water partition coefficient (Wildman–Crippen LogP) is 3.46. The molecule has 1 heteroatoms. The summed E-state index contributed by atoms with van der Waals surface area (Å²) in [4.78, 5) is 0. The number of hydrogen-bond acceptors (Lipinski definition) is 1. The molecule has 0 amide bonds. The molecule has 1 nitrogen and oxygen atoms in total. The molecule has 1 aliphatic rings. The van der Waals surface area contributed by atoms with Gasteiger partial charge in [-0.05, 0) is 42.9 Å². The topological polar surface area (TPSA) is 12.0 Å². The molecule has 1 fully saturated rings. The number of rotatable bonds is 4. The summed E-state index contributed by atoms with van der Waals surface area (Å²) >= 11 is 0. The minimum absolute atomic E-state index is 0.931. The summed E-state index contributed by atoms with van der Waals surface area (Å²) < 4.78 is 0. The van der Waals surface area contributed by atoms with E-state index in [1.165, 1.54) is 30.5 Å². The molecule has 76 valence electrons. The summed E-state index contributed by atoms with van der Waals surface area (Å²) in [5.74, 6) is 0.931. The second-order valence-electron chi connectivity index (χ2n) is 4.23. The van der Waals surface area contributed by atoms with Crippen LogP contribution >= 0.6 is 0 Å². The number of nitrogens with one attached hydrogen (secondary N) is 1. The van der Waals surface area contributed by atoms with Crippen LogP contribution in [0.15, 0.2) is 24.3 Å². The van der Waals surface area contributed by atoms with E-state index >= 15 is 0 Å². The van der Waals surface area contributed by atoms with E-state index in [9.17, 15) is 0 Å². The molecule has 2 rings (SSSR count). The standard InChI is InChI=1S/C13H19N/c1-2-11-5-4-8-13(9-11)14-10-12-6-3-7-12/h4-5,8-9,12,14H,2-3,6-7,10H2,1H3. The number of benzene rings is 1. The van der Waals surface area contributed by atoms with Gasteiger partial charge in [-0.25, -0.2) is 0 Å². The second-order valence-corrected chi connectivity index (χ2v) is 4.23. The molecule has 14 heavy (non-hydrogen) atoms. The Kier molecular flexibility index (Phi) is 3.07. The second kappa shape index (κ2) is 4.50. The van der Waals surface area contributed by atoms with Gasteiger partial charge in [0.15, 0.2) is 0 Å². The largest absolute Gasteiger partial charge is 0.385 e. The molecule has 0 saturated heterocycles. The van der Waals surface area contributed by atoms with Crippen LogP contribution in [0.2, 0.25) is 0 Å². The average molecular weight is 189 g/mol. The van der Waals surface area contributed by atoms with E-state index in [1.807, 2.05) is 0 Å². The van der Waals surface area contributed by atoms with Gasteiger partial charge in [0.05, 0.1) is 0 Å². The van der Waals surface area contributed by atoms with E-state index in [2.05, 4.69) is 36.5 Å². The van der Waals surface area contributed by atoms with Gasteiger partial charge in [0, 0.05) is 12.2 Å². The van der Waals surface area contributed by atoms with Crippen LogP contribution in [0.1, 0.15) is 31.7 Å². The van der Waals surface area contributed by atoms with Crippen molar-refractivity contribution in [3.8, 4) is 0 Å². The van der Waals surface area contributed by atoms with Crippen LogP contribution in [0.25, 0.3) is 0 Å². The molecule has 0 spiro atoms. The SMILES string of the molecule is CCc1cccc(NCC2CCC2)c1. The van der Waals surface area contributed by atoms with E-state index in [1.54, 1.807) is 0 Å². The van der Waals surface area contributed by atoms with Gasteiger partial charge in [-0.3, -0.25) is 0 Å². The van der Waals surface area contributed by atoms with Crippen LogP contribution < -0.4 is 5.32 Å². The maximum Gasteiger partial charge on any atom is 0.0342 e. The molecule has 0 bridgehead atoms. The summed E-state index contributed by atoms with van der Waals surface area (Å²) in [6.45, 7) is 3.36. The lowest BCUT2D eigenvalue weighted by molar-refractivity contribution is 0.333. The zero-order chi connectivity index (χ0) is 9.80. The molecule has 0 aromatic heterocycles. The van der Waals surface area contributed by atoms with Crippen molar-refractivity contribution in [3.63, 3.8) is 0 Å². The van der Waals surface area contributed by atoms with Crippen molar-refractivity contribution in [2.75, 3.05) is 11.9 Å². The molecule has 0 unspecified atom stereocenters. The van der Waals surface area contributed by atoms with E-state index in [0.717, 1.165) is 18.9 Å². The summed E-state index contributed by atoms with van der Waals surface area (Å²) in [5, 5.41) is 3.52. The Bertz CT molecular complexity index is 289. The first-order valence-electron chi connectivity index (χ1n) is 5.71. The molecule has 0 radical (unpaired) electrons. The summed E-state index contributed by atoms with van der Waals surface area (Å²) in [6.07, 6.45) is 5.39. The molecule has 1 aromatic carbocycles. The predicted molar refractivity (Wildman–Crippen MR) is 61.7 cm³/mol. The van der Waals surface area contributed by atoms with Gasteiger partial charge in [-0.15, -0.1) is 0 Å². The number of hydrogen-bond donors (Lipinski definition) is 1. The van der Waals surface area contributed by atoms with Gasteiger partial charge in [0.2, 0.25) is 0 Å². The Hall–Kier alpha value is -0.980. The van der Waals surface area contributed by atoms with Crippen molar-refractivity contribution < 1.29 is 0 Å². The Balaban J connectivity index is 1.87. The van der Waals surface area contributed by atoms with E-state index in [0.29, 0.717) is 0 Å². The Morgan fingerprint density at radius 3 is 2.86 bits per heavy atom. The van der Waals surface area contributed by atoms with Crippen molar-refractivity contribution in [3.05, 3.63) is 29.8 Å². The zero-order valence-corrected chi connectivity index (χ0v) is 8.92. The van der Waals surface area contributed by atoms with Crippen LogP contribution in [0.3, 0.4) is 0 Å². The van der Waals surface area contributed by atoms with E-state index in [-0.39, 0.29) is 0 Å². The highest BCUT2D eigenvalue weighted by Gasteiger charge is 2.16. The lowest BCUT2D eigenvalue weighted by Gasteiger charge is -2.25. The highest BCUT2D eigenvalue weighted by Crippen LogP contribution is 2.26. The van der Waals surface area contributed by atoms with Gasteiger partial charge in [0.1, 0.15) is 0 Å². The quantitative estimate of drug-likeness (QED) is 0.764. The number of aryl methyl sites for hydroxylation is 1. The third-order valence-corrected chi connectivity index (χ3v) is 3.15. The van der Waals surface area contributed by atoms with Gasteiger partial charge in [0.25, 0.3) is 0 Å². The first kappa shape index (κ1) is 9.57. The first-order chi connectivity index (χ1) is 6.88. The maximum atomic E-state index is 3.52. The molecule has 0 aliphatic heterocycles. The maximum absolute atomic E-state index is 3.52. The normalized spacial score (nSPS) is 16.4. The fraction of sp³-hybridized carbons (Fsp3) is 0.538. The Morgan fingerprint density at radius 1 is 1.36 bits per heavy atom. The van der Waals surface area contributed by atoms with Crippen molar-refractivity contribution in [2.24, 2.45) is 5.92 Å². The van der Waals surface area contributed by atoms with Crippen LogP contribution in [-0.2, 0) is 6.42 Å². The molecular weight excluding hydrogens is 170 g/mol. The average Bonchev–Trinajstić information content (AvgIpc) is 2.16. The fourth-order valence-corrected chi connectivity index (χ4v) is 1.86. The highest BCUT2D eigenvalue weighted by atomic mass is 14.9. The minimum Gasteiger partial charge on any atom is -0.385 e. The first-order valence-corrected chi connectivity index (χ1v) is 5.71. The van der Waals surface area contributed by atoms with Crippen LogP contribution in [0.4, 0.5) is 5.69 Å². The van der Waals surface area contributed by atoms with Crippen molar-refractivity contribution >= 4 is 5.69 Å². The minimum atomic E-state index is 0.931. The van der Waals surface area contributed by atoms with Crippen LogP contribution in [-0.4, -0.2) is 6.54 Å². The molecule has 1 N–H and O–H groups in total. The van der Waals surface area contributed by atoms with E-state index in [4.69, 9.17) is 0 Å². The highest BCUT2D eigenvalue weighted by molar-refractivity contribution is 5.45. The number of anilines is 1. The fourth-order valence-electron chi connectivity index (χ4n) is 1.86. The lowest BCUT2D eigenvalue weighted by atomic mass is 9.85. The smallest absolute Gasteiger partial charge is 0.0342 e. The van der Waals surface area contributed by atoms with Crippen molar-refractivity contribution in [2.45, 2.75) is 32.6 Å². The molecule has 1 aromatic rings. The van der Waals surface area contributed by atoms with Crippen LogP contribution in [0.5, 0.6) is 0 Å². The molecule has 1 saturated carbocycles. The van der Waals surface area contributed by atoms with Crippen LogP contribution in [0, 0.1) is 5.92 Å². The monoisotopic (exact) mass is 189 g/mol. The van der Waals surface area contributed by atoms with Gasteiger partial charge < -0.3 is 5.32 Å². The lowest BCUT2D eigenvalue weighted by Crippen LogP contribution is -2.20. The van der Waals surface area contributed by atoms with Crippen molar-refractivity contribution in [1.82, 2.24) is 0 Å². The van der Waals surface area contributed by atoms with E-state index < -0.39 is 0 Å².